The molecule has 0 spiro atoms. The molecule has 122 valence electrons. The van der Waals surface area contributed by atoms with Gasteiger partial charge in [-0.2, -0.15) is 5.10 Å². The molecule has 0 aliphatic heterocycles. The molecule has 0 aliphatic carbocycles. The summed E-state index contributed by atoms with van der Waals surface area (Å²) in [5.41, 5.74) is 4.57. The van der Waals surface area contributed by atoms with Crippen LogP contribution in [-0.2, 0) is 0 Å². The van der Waals surface area contributed by atoms with Gasteiger partial charge in [0.1, 0.15) is 5.75 Å². The van der Waals surface area contributed by atoms with Crippen LogP contribution in [0.3, 0.4) is 0 Å². The molecule has 0 bridgehead atoms. The maximum atomic E-state index is 12.5. The third-order valence-corrected chi connectivity index (χ3v) is 4.86. The number of hydrazone groups is 1. The summed E-state index contributed by atoms with van der Waals surface area (Å²) in [5, 5.41) is 15.9. The Kier molecular flexibility index (Phi) is 4.36. The highest BCUT2D eigenvalue weighted by Gasteiger charge is 2.15. The molecule has 24 heavy (non-hydrogen) atoms. The predicted octanol–water partition coefficient (Wildman–Crippen LogP) is 4.38. The third kappa shape index (κ3) is 3.03. The van der Waals surface area contributed by atoms with Gasteiger partial charge in [0.15, 0.2) is 0 Å². The Morgan fingerprint density at radius 1 is 1.17 bits per heavy atom. The zero-order valence-corrected chi connectivity index (χ0v) is 14.6. The first kappa shape index (κ1) is 16.2. The highest BCUT2D eigenvalue weighted by Crippen LogP contribution is 2.27. The number of phenolic OH excluding ortho intramolecular Hbond substituents is 1. The molecule has 0 atom stereocenters. The molecule has 0 fully saturated rings. The molecule has 1 amide bonds. The summed E-state index contributed by atoms with van der Waals surface area (Å²) in [6, 6.07) is 12.8. The summed E-state index contributed by atoms with van der Waals surface area (Å²) >= 11 is 1.70. The van der Waals surface area contributed by atoms with Gasteiger partial charge in [-0.25, -0.2) is 5.43 Å². The van der Waals surface area contributed by atoms with Crippen LogP contribution >= 0.6 is 11.3 Å². The van der Waals surface area contributed by atoms with Gasteiger partial charge in [0, 0.05) is 15.3 Å². The molecule has 2 N–H and O–H groups in total. The largest absolute Gasteiger partial charge is 0.507 e. The first-order chi connectivity index (χ1) is 11.5. The van der Waals surface area contributed by atoms with Crippen molar-refractivity contribution in [3.8, 4) is 5.75 Å². The topological polar surface area (TPSA) is 61.7 Å². The van der Waals surface area contributed by atoms with E-state index in [9.17, 15) is 9.90 Å². The minimum absolute atomic E-state index is 0.0541. The summed E-state index contributed by atoms with van der Waals surface area (Å²) in [4.78, 5) is 14.9. The summed E-state index contributed by atoms with van der Waals surface area (Å²) < 4.78 is 0. The van der Waals surface area contributed by atoms with E-state index in [0.29, 0.717) is 5.39 Å². The second-order valence-electron chi connectivity index (χ2n) is 5.65. The number of nitrogens with one attached hydrogen (secondary N) is 1. The molecular formula is C19H18N2O2S. The Balaban J connectivity index is 1.92. The molecular weight excluding hydrogens is 320 g/mol. The van der Waals surface area contributed by atoms with Crippen LogP contribution < -0.4 is 5.43 Å². The van der Waals surface area contributed by atoms with Crippen LogP contribution in [0.2, 0.25) is 0 Å². The van der Waals surface area contributed by atoms with E-state index in [0.717, 1.165) is 21.5 Å². The molecule has 4 nitrogen and oxygen atoms in total. The van der Waals surface area contributed by atoms with Gasteiger partial charge in [0.05, 0.1) is 11.3 Å². The van der Waals surface area contributed by atoms with Crippen LogP contribution in [0.4, 0.5) is 0 Å². The number of carbonyl (C=O) groups is 1. The van der Waals surface area contributed by atoms with E-state index < -0.39 is 5.91 Å². The molecule has 1 heterocycles. The number of thiophene rings is 1. The lowest BCUT2D eigenvalue weighted by Crippen LogP contribution is -2.20. The van der Waals surface area contributed by atoms with Crippen LogP contribution in [0, 0.1) is 13.8 Å². The Bertz CT molecular complexity index is 957. The maximum Gasteiger partial charge on any atom is 0.275 e. The Hall–Kier alpha value is -2.66. The number of phenols is 1. The molecule has 5 heteroatoms. The van der Waals surface area contributed by atoms with Crippen molar-refractivity contribution < 1.29 is 9.90 Å². The van der Waals surface area contributed by atoms with Crippen molar-refractivity contribution in [3.05, 3.63) is 63.3 Å². The molecule has 0 saturated heterocycles. The van der Waals surface area contributed by atoms with Crippen molar-refractivity contribution >= 4 is 33.7 Å². The van der Waals surface area contributed by atoms with Crippen molar-refractivity contribution in [2.75, 3.05) is 0 Å². The SMILES string of the molecule is CC(=NNC(=O)c1c(O)ccc2ccccc12)c1cc(C)sc1C. The van der Waals surface area contributed by atoms with E-state index in [2.05, 4.69) is 16.6 Å². The minimum atomic E-state index is -0.423. The maximum absolute atomic E-state index is 12.5. The van der Waals surface area contributed by atoms with Crippen molar-refractivity contribution in [1.82, 2.24) is 5.43 Å². The van der Waals surface area contributed by atoms with Crippen LogP contribution in [0.5, 0.6) is 5.75 Å². The summed E-state index contributed by atoms with van der Waals surface area (Å²) in [5.74, 6) is -0.477. The highest BCUT2D eigenvalue weighted by molar-refractivity contribution is 7.12. The van der Waals surface area contributed by atoms with E-state index in [1.165, 1.54) is 10.9 Å². The fraction of sp³-hybridized carbons (Fsp3) is 0.158. The lowest BCUT2D eigenvalue weighted by atomic mass is 10.0. The standard InChI is InChI=1S/C19H18N2O2S/c1-11-10-16(13(3)24-11)12(2)20-21-19(23)18-15-7-5-4-6-14(15)8-9-17(18)22/h4-10,22H,1-3H3,(H,21,23). The van der Waals surface area contributed by atoms with Crippen LogP contribution in [0.1, 0.15) is 32.6 Å². The van der Waals surface area contributed by atoms with Crippen molar-refractivity contribution in [2.24, 2.45) is 5.10 Å². The number of rotatable bonds is 3. The van der Waals surface area contributed by atoms with E-state index in [1.807, 2.05) is 45.0 Å². The number of nitrogens with zero attached hydrogens (tertiary/aromatic N) is 1. The Morgan fingerprint density at radius 3 is 2.62 bits per heavy atom. The average Bonchev–Trinajstić information content (AvgIpc) is 2.90. The zero-order chi connectivity index (χ0) is 17.3. The van der Waals surface area contributed by atoms with Crippen LogP contribution in [0.25, 0.3) is 10.8 Å². The minimum Gasteiger partial charge on any atom is -0.507 e. The van der Waals surface area contributed by atoms with E-state index in [1.54, 1.807) is 17.4 Å². The van der Waals surface area contributed by atoms with Gasteiger partial charge >= 0.3 is 0 Å². The summed E-state index contributed by atoms with van der Waals surface area (Å²) in [7, 11) is 0. The number of benzene rings is 2. The molecule has 3 rings (SSSR count). The Labute approximate surface area is 144 Å². The van der Waals surface area contributed by atoms with Gasteiger partial charge in [-0.1, -0.05) is 30.3 Å². The first-order valence-corrected chi connectivity index (χ1v) is 8.42. The molecule has 0 aliphatic rings. The number of carbonyl (C=O) groups excluding carboxylic acids is 1. The van der Waals surface area contributed by atoms with Crippen molar-refractivity contribution in [3.63, 3.8) is 0 Å². The molecule has 1 aromatic heterocycles. The van der Waals surface area contributed by atoms with Gasteiger partial charge in [-0.3, -0.25) is 4.79 Å². The fourth-order valence-corrected chi connectivity index (χ4v) is 3.72. The van der Waals surface area contributed by atoms with Gasteiger partial charge in [0.25, 0.3) is 5.91 Å². The van der Waals surface area contributed by atoms with Gasteiger partial charge in [-0.05, 0) is 43.7 Å². The second-order valence-corrected chi connectivity index (χ2v) is 7.11. The number of aromatic hydroxyl groups is 1. The van der Waals surface area contributed by atoms with Crippen molar-refractivity contribution in [2.45, 2.75) is 20.8 Å². The Morgan fingerprint density at radius 2 is 1.92 bits per heavy atom. The monoisotopic (exact) mass is 338 g/mol. The highest BCUT2D eigenvalue weighted by atomic mass is 32.1. The third-order valence-electron chi connectivity index (χ3n) is 3.89. The molecule has 3 aromatic rings. The zero-order valence-electron chi connectivity index (χ0n) is 13.8. The molecule has 0 radical (unpaired) electrons. The fourth-order valence-electron chi connectivity index (χ4n) is 2.74. The lowest BCUT2D eigenvalue weighted by Gasteiger charge is -2.08. The number of hydrogen-bond acceptors (Lipinski definition) is 4. The molecule has 0 unspecified atom stereocenters. The smallest absolute Gasteiger partial charge is 0.275 e. The van der Waals surface area contributed by atoms with E-state index >= 15 is 0 Å². The molecule has 0 saturated carbocycles. The summed E-state index contributed by atoms with van der Waals surface area (Å²) in [6.45, 7) is 5.93. The number of fused-ring (bicyclic) bond motifs is 1. The number of amides is 1. The predicted molar refractivity (Wildman–Crippen MR) is 99.1 cm³/mol. The van der Waals surface area contributed by atoms with Crippen LogP contribution in [0.15, 0.2) is 47.6 Å². The lowest BCUT2D eigenvalue weighted by molar-refractivity contribution is 0.0954. The summed E-state index contributed by atoms with van der Waals surface area (Å²) in [6.07, 6.45) is 0. The quantitative estimate of drug-likeness (QED) is 0.550. The number of hydrogen-bond donors (Lipinski definition) is 2. The second kappa shape index (κ2) is 6.45. The van der Waals surface area contributed by atoms with E-state index in [4.69, 9.17) is 0 Å². The normalized spacial score (nSPS) is 11.7. The van der Waals surface area contributed by atoms with Crippen molar-refractivity contribution in [1.29, 1.82) is 0 Å². The van der Waals surface area contributed by atoms with Gasteiger partial charge in [-0.15, -0.1) is 11.3 Å². The first-order valence-electron chi connectivity index (χ1n) is 7.60. The van der Waals surface area contributed by atoms with E-state index in [-0.39, 0.29) is 11.3 Å². The van der Waals surface area contributed by atoms with Gasteiger partial charge in [0.2, 0.25) is 0 Å². The molecule has 2 aromatic carbocycles. The number of aryl methyl sites for hydroxylation is 2. The van der Waals surface area contributed by atoms with Crippen LogP contribution in [-0.4, -0.2) is 16.7 Å². The average molecular weight is 338 g/mol. The van der Waals surface area contributed by atoms with Gasteiger partial charge < -0.3 is 5.11 Å².